The highest BCUT2D eigenvalue weighted by Gasteiger charge is 2.21. The first-order valence-electron chi connectivity index (χ1n) is 10.6. The Labute approximate surface area is 181 Å². The number of rotatable bonds is 6. The molecule has 2 amide bonds. The Bertz CT molecular complexity index is 1050. The minimum absolute atomic E-state index is 0.153. The van der Waals surface area contributed by atoms with E-state index in [4.69, 9.17) is 0 Å². The molecule has 0 spiro atoms. The van der Waals surface area contributed by atoms with Crippen molar-refractivity contribution in [3.05, 3.63) is 83.7 Å². The van der Waals surface area contributed by atoms with Gasteiger partial charge in [0, 0.05) is 44.8 Å². The molecular formula is C25H26FN3O2. The number of nitrogens with zero attached hydrogens (tertiary/aromatic N) is 2. The largest absolute Gasteiger partial charge is 0.351 e. The van der Waals surface area contributed by atoms with E-state index in [0.717, 1.165) is 36.0 Å². The fraction of sp³-hybridized carbons (Fsp3) is 0.280. The second kappa shape index (κ2) is 9.71. The molecular weight excluding hydrogens is 393 g/mol. The summed E-state index contributed by atoms with van der Waals surface area (Å²) in [6.07, 6.45) is 0.412. The Morgan fingerprint density at radius 2 is 1.58 bits per heavy atom. The standard InChI is InChI=1S/C25H26FN3O2/c26-22-10-8-20(9-11-22)25(31)27-12-13-28-14-16-29(17-15-28)24(30)18-21-6-3-5-19-4-1-2-7-23(19)21/h1-11H,12-18H2,(H,27,31). The van der Waals surface area contributed by atoms with Gasteiger partial charge in [0.25, 0.3) is 5.91 Å². The van der Waals surface area contributed by atoms with Crippen molar-refractivity contribution in [1.82, 2.24) is 15.1 Å². The third-order valence-corrected chi connectivity index (χ3v) is 5.77. The smallest absolute Gasteiger partial charge is 0.251 e. The number of carbonyl (C=O) groups is 2. The summed E-state index contributed by atoms with van der Waals surface area (Å²) in [5.41, 5.74) is 1.51. The van der Waals surface area contributed by atoms with Crippen molar-refractivity contribution in [2.24, 2.45) is 0 Å². The molecule has 5 nitrogen and oxygen atoms in total. The third kappa shape index (κ3) is 5.27. The molecule has 1 heterocycles. The van der Waals surface area contributed by atoms with Gasteiger partial charge in [-0.1, -0.05) is 42.5 Å². The van der Waals surface area contributed by atoms with E-state index in [1.54, 1.807) is 0 Å². The lowest BCUT2D eigenvalue weighted by molar-refractivity contribution is -0.132. The molecule has 160 valence electrons. The zero-order valence-electron chi connectivity index (χ0n) is 17.4. The third-order valence-electron chi connectivity index (χ3n) is 5.77. The number of halogens is 1. The van der Waals surface area contributed by atoms with Crippen LogP contribution in [0.15, 0.2) is 66.7 Å². The normalized spacial score (nSPS) is 14.5. The number of benzene rings is 3. The molecule has 1 N–H and O–H groups in total. The van der Waals surface area contributed by atoms with Gasteiger partial charge in [-0.05, 0) is 40.6 Å². The van der Waals surface area contributed by atoms with Gasteiger partial charge in [0.1, 0.15) is 5.82 Å². The predicted molar refractivity (Wildman–Crippen MR) is 119 cm³/mol. The van der Waals surface area contributed by atoms with Crippen LogP contribution in [0.5, 0.6) is 0 Å². The molecule has 4 rings (SSSR count). The molecule has 0 radical (unpaired) electrons. The van der Waals surface area contributed by atoms with Crippen molar-refractivity contribution < 1.29 is 14.0 Å². The Morgan fingerprint density at radius 3 is 2.35 bits per heavy atom. The SMILES string of the molecule is O=C(NCCN1CCN(C(=O)Cc2cccc3ccccc23)CC1)c1ccc(F)cc1. The van der Waals surface area contributed by atoms with Gasteiger partial charge in [-0.2, -0.15) is 0 Å². The number of nitrogens with one attached hydrogen (secondary N) is 1. The molecule has 0 aliphatic carbocycles. The molecule has 0 atom stereocenters. The molecule has 0 saturated carbocycles. The van der Waals surface area contributed by atoms with Crippen LogP contribution in [0, 0.1) is 5.82 Å². The Morgan fingerprint density at radius 1 is 0.871 bits per heavy atom. The van der Waals surface area contributed by atoms with Gasteiger partial charge in [0.05, 0.1) is 6.42 Å². The van der Waals surface area contributed by atoms with Gasteiger partial charge in [-0.15, -0.1) is 0 Å². The van der Waals surface area contributed by atoms with Crippen molar-refractivity contribution in [2.75, 3.05) is 39.3 Å². The average Bonchev–Trinajstić information content (AvgIpc) is 2.80. The minimum Gasteiger partial charge on any atom is -0.351 e. The lowest BCUT2D eigenvalue weighted by atomic mass is 10.0. The number of piperazine rings is 1. The fourth-order valence-electron chi connectivity index (χ4n) is 3.97. The lowest BCUT2D eigenvalue weighted by Crippen LogP contribution is -2.50. The summed E-state index contributed by atoms with van der Waals surface area (Å²) < 4.78 is 13.0. The van der Waals surface area contributed by atoms with Crippen LogP contribution in [0.2, 0.25) is 0 Å². The number of carbonyl (C=O) groups excluding carboxylic acids is 2. The van der Waals surface area contributed by atoms with Crippen molar-refractivity contribution in [1.29, 1.82) is 0 Å². The van der Waals surface area contributed by atoms with Gasteiger partial charge >= 0.3 is 0 Å². The summed E-state index contributed by atoms with van der Waals surface area (Å²) in [6, 6.07) is 19.8. The van der Waals surface area contributed by atoms with Crippen LogP contribution < -0.4 is 5.32 Å². The van der Waals surface area contributed by atoms with Crippen molar-refractivity contribution in [3.8, 4) is 0 Å². The van der Waals surface area contributed by atoms with E-state index in [1.165, 1.54) is 24.3 Å². The van der Waals surface area contributed by atoms with Crippen LogP contribution in [0.3, 0.4) is 0 Å². The second-order valence-corrected chi connectivity index (χ2v) is 7.80. The molecule has 1 fully saturated rings. The number of amides is 2. The second-order valence-electron chi connectivity index (χ2n) is 7.80. The highest BCUT2D eigenvalue weighted by molar-refractivity contribution is 5.94. The van der Waals surface area contributed by atoms with Gasteiger partial charge < -0.3 is 10.2 Å². The zero-order chi connectivity index (χ0) is 21.6. The molecule has 0 unspecified atom stereocenters. The summed E-state index contributed by atoms with van der Waals surface area (Å²) >= 11 is 0. The van der Waals surface area contributed by atoms with Crippen LogP contribution >= 0.6 is 0 Å². The summed E-state index contributed by atoms with van der Waals surface area (Å²) in [5.74, 6) is -0.408. The maximum atomic E-state index is 13.0. The van der Waals surface area contributed by atoms with Gasteiger partial charge in [-0.25, -0.2) is 4.39 Å². The lowest BCUT2D eigenvalue weighted by Gasteiger charge is -2.34. The van der Waals surface area contributed by atoms with Crippen molar-refractivity contribution in [2.45, 2.75) is 6.42 Å². The number of fused-ring (bicyclic) bond motifs is 1. The van der Waals surface area contributed by atoms with Crippen LogP contribution in [0.25, 0.3) is 10.8 Å². The van der Waals surface area contributed by atoms with Crippen LogP contribution in [-0.2, 0) is 11.2 Å². The van der Waals surface area contributed by atoms with E-state index in [9.17, 15) is 14.0 Å². The fourth-order valence-corrected chi connectivity index (χ4v) is 3.97. The summed E-state index contributed by atoms with van der Waals surface area (Å²) in [5, 5.41) is 5.15. The molecule has 3 aromatic carbocycles. The van der Waals surface area contributed by atoms with Gasteiger partial charge in [-0.3, -0.25) is 14.5 Å². The minimum atomic E-state index is -0.357. The van der Waals surface area contributed by atoms with E-state index in [1.807, 2.05) is 29.2 Å². The Kier molecular flexibility index (Phi) is 6.57. The first kappa shape index (κ1) is 21.0. The first-order chi connectivity index (χ1) is 15.1. The van der Waals surface area contributed by atoms with E-state index < -0.39 is 0 Å². The molecule has 1 saturated heterocycles. The van der Waals surface area contributed by atoms with E-state index >= 15 is 0 Å². The number of hydrogen-bond donors (Lipinski definition) is 1. The predicted octanol–water partition coefficient (Wildman–Crippen LogP) is 3.10. The molecule has 1 aliphatic rings. The first-order valence-corrected chi connectivity index (χ1v) is 10.6. The van der Waals surface area contributed by atoms with Crippen molar-refractivity contribution >= 4 is 22.6 Å². The Hall–Kier alpha value is -3.25. The molecule has 3 aromatic rings. The van der Waals surface area contributed by atoms with E-state index in [-0.39, 0.29) is 17.6 Å². The van der Waals surface area contributed by atoms with Crippen LogP contribution in [-0.4, -0.2) is 60.9 Å². The molecule has 1 aliphatic heterocycles. The topological polar surface area (TPSA) is 52.7 Å². The Balaban J connectivity index is 1.22. The van der Waals surface area contributed by atoms with Crippen LogP contribution in [0.1, 0.15) is 15.9 Å². The molecule has 0 bridgehead atoms. The highest BCUT2D eigenvalue weighted by Crippen LogP contribution is 2.19. The summed E-state index contributed by atoms with van der Waals surface area (Å²) in [7, 11) is 0. The maximum Gasteiger partial charge on any atom is 0.251 e. The average molecular weight is 420 g/mol. The molecule has 6 heteroatoms. The van der Waals surface area contributed by atoms with Gasteiger partial charge in [0.15, 0.2) is 0 Å². The molecule has 31 heavy (non-hydrogen) atoms. The zero-order valence-corrected chi connectivity index (χ0v) is 17.4. The van der Waals surface area contributed by atoms with Crippen LogP contribution in [0.4, 0.5) is 4.39 Å². The van der Waals surface area contributed by atoms with Gasteiger partial charge in [0.2, 0.25) is 5.91 Å². The van der Waals surface area contributed by atoms with E-state index in [0.29, 0.717) is 31.6 Å². The highest BCUT2D eigenvalue weighted by atomic mass is 19.1. The molecule has 0 aromatic heterocycles. The summed E-state index contributed by atoms with van der Waals surface area (Å²) in [4.78, 5) is 29.1. The monoisotopic (exact) mass is 419 g/mol. The quantitative estimate of drug-likeness (QED) is 0.668. The van der Waals surface area contributed by atoms with E-state index in [2.05, 4.69) is 28.4 Å². The maximum absolute atomic E-state index is 13.0. The summed E-state index contributed by atoms with van der Waals surface area (Å²) in [6.45, 7) is 4.19. The number of hydrogen-bond acceptors (Lipinski definition) is 3. The van der Waals surface area contributed by atoms with Crippen molar-refractivity contribution in [3.63, 3.8) is 0 Å².